The number of amides is 1. The van der Waals surface area contributed by atoms with Crippen molar-refractivity contribution in [3.63, 3.8) is 0 Å². The van der Waals surface area contributed by atoms with Gasteiger partial charge in [-0.2, -0.15) is 0 Å². The first kappa shape index (κ1) is 17.4. The molecule has 2 aromatic heterocycles. The second kappa shape index (κ2) is 7.71. The largest absolute Gasteiger partial charge is 0.445 e. The van der Waals surface area contributed by atoms with Crippen molar-refractivity contribution in [2.24, 2.45) is 0 Å². The third-order valence-corrected chi connectivity index (χ3v) is 4.60. The van der Waals surface area contributed by atoms with Crippen molar-refractivity contribution in [1.29, 1.82) is 0 Å². The van der Waals surface area contributed by atoms with Crippen LogP contribution in [0.25, 0.3) is 5.69 Å². The predicted octanol–water partition coefficient (Wildman–Crippen LogP) is 1.50. The third-order valence-electron chi connectivity index (χ3n) is 4.60. The molecule has 1 aliphatic rings. The van der Waals surface area contributed by atoms with Gasteiger partial charge in [0.2, 0.25) is 5.91 Å². The molecule has 140 valence electrons. The van der Waals surface area contributed by atoms with E-state index in [2.05, 4.69) is 25.4 Å². The molecule has 1 saturated heterocycles. The van der Waals surface area contributed by atoms with Gasteiger partial charge in [0.1, 0.15) is 17.9 Å². The van der Waals surface area contributed by atoms with Gasteiger partial charge in [0.15, 0.2) is 5.89 Å². The number of aromatic nitrogens is 4. The van der Waals surface area contributed by atoms with Gasteiger partial charge < -0.3 is 9.73 Å². The lowest BCUT2D eigenvalue weighted by molar-refractivity contribution is -0.123. The van der Waals surface area contributed by atoms with E-state index in [1.807, 2.05) is 41.8 Å². The van der Waals surface area contributed by atoms with Gasteiger partial charge in [0.25, 0.3) is 0 Å². The molecular formula is C19H22N6O2. The molecule has 8 heteroatoms. The van der Waals surface area contributed by atoms with Crippen LogP contribution in [0.4, 0.5) is 0 Å². The molecule has 1 aliphatic heterocycles. The smallest absolute Gasteiger partial charge is 0.220 e. The molecule has 0 bridgehead atoms. The summed E-state index contributed by atoms with van der Waals surface area (Å²) in [5, 5.41) is 11.2. The van der Waals surface area contributed by atoms with Gasteiger partial charge in [-0.25, -0.2) is 4.98 Å². The minimum absolute atomic E-state index is 0.0396. The minimum atomic E-state index is 0.0396. The van der Waals surface area contributed by atoms with Gasteiger partial charge in [-0.1, -0.05) is 18.2 Å². The number of likely N-dealkylation sites (tertiary alicyclic amines) is 1. The Labute approximate surface area is 157 Å². The first-order valence-corrected chi connectivity index (χ1v) is 9.05. The summed E-state index contributed by atoms with van der Waals surface area (Å²) in [7, 11) is 0. The van der Waals surface area contributed by atoms with E-state index < -0.39 is 0 Å². The molecule has 1 N–H and O–H groups in total. The SMILES string of the molecule is Cc1ncc(CN2CC(NC(=O)CCc3nncn3-c3ccccc3)C2)o1. The Balaban J connectivity index is 1.22. The Kier molecular flexibility index (Phi) is 4.97. The van der Waals surface area contributed by atoms with Crippen LogP contribution in [0.2, 0.25) is 0 Å². The average Bonchev–Trinajstić information content (AvgIpc) is 3.27. The number of hydrogen-bond donors (Lipinski definition) is 1. The Morgan fingerprint density at radius 3 is 2.85 bits per heavy atom. The second-order valence-corrected chi connectivity index (χ2v) is 6.76. The molecule has 8 nitrogen and oxygen atoms in total. The molecule has 0 saturated carbocycles. The number of hydrogen-bond acceptors (Lipinski definition) is 6. The lowest BCUT2D eigenvalue weighted by Gasteiger charge is -2.38. The van der Waals surface area contributed by atoms with Crippen LogP contribution in [0.1, 0.15) is 23.9 Å². The number of benzene rings is 1. The zero-order valence-corrected chi connectivity index (χ0v) is 15.2. The van der Waals surface area contributed by atoms with Crippen molar-refractivity contribution in [1.82, 2.24) is 30.0 Å². The number of rotatable bonds is 7. The molecule has 3 aromatic rings. The maximum atomic E-state index is 12.2. The van der Waals surface area contributed by atoms with E-state index in [-0.39, 0.29) is 11.9 Å². The quantitative estimate of drug-likeness (QED) is 0.682. The number of oxazole rings is 1. The van der Waals surface area contributed by atoms with Crippen LogP contribution in [-0.2, 0) is 17.8 Å². The topological polar surface area (TPSA) is 89.1 Å². The molecule has 1 aromatic carbocycles. The Hall–Kier alpha value is -3.00. The van der Waals surface area contributed by atoms with Crippen molar-refractivity contribution in [2.45, 2.75) is 32.4 Å². The first-order valence-electron chi connectivity index (χ1n) is 9.05. The Morgan fingerprint density at radius 1 is 1.30 bits per heavy atom. The highest BCUT2D eigenvalue weighted by atomic mass is 16.4. The van der Waals surface area contributed by atoms with E-state index >= 15 is 0 Å². The Bertz CT molecular complexity index is 898. The maximum absolute atomic E-state index is 12.2. The van der Waals surface area contributed by atoms with Crippen LogP contribution in [-0.4, -0.2) is 49.7 Å². The summed E-state index contributed by atoms with van der Waals surface area (Å²) in [6, 6.07) is 10.1. The van der Waals surface area contributed by atoms with Crippen LogP contribution >= 0.6 is 0 Å². The zero-order chi connectivity index (χ0) is 18.6. The fraction of sp³-hybridized carbons (Fsp3) is 0.368. The van der Waals surface area contributed by atoms with Crippen LogP contribution < -0.4 is 5.32 Å². The van der Waals surface area contributed by atoms with Gasteiger partial charge in [-0.3, -0.25) is 14.3 Å². The predicted molar refractivity (Wildman–Crippen MR) is 98.1 cm³/mol. The van der Waals surface area contributed by atoms with Gasteiger partial charge in [-0.15, -0.1) is 10.2 Å². The minimum Gasteiger partial charge on any atom is -0.445 e. The highest BCUT2D eigenvalue weighted by Gasteiger charge is 2.28. The standard InChI is InChI=1S/C19H22N6O2/c1-14-20-9-17(27-14)12-24-10-15(11-24)22-19(26)8-7-18-23-21-13-25(18)16-5-3-2-4-6-16/h2-6,9,13,15H,7-8,10-12H2,1H3,(H,22,26). The molecule has 1 amide bonds. The molecule has 0 spiro atoms. The number of nitrogens with zero attached hydrogens (tertiary/aromatic N) is 5. The lowest BCUT2D eigenvalue weighted by atomic mass is 10.1. The lowest BCUT2D eigenvalue weighted by Crippen LogP contribution is -2.58. The van der Waals surface area contributed by atoms with Gasteiger partial charge in [0, 0.05) is 38.5 Å². The summed E-state index contributed by atoms with van der Waals surface area (Å²) in [5.74, 6) is 2.36. The van der Waals surface area contributed by atoms with E-state index in [4.69, 9.17) is 4.42 Å². The highest BCUT2D eigenvalue weighted by Crippen LogP contribution is 2.14. The highest BCUT2D eigenvalue weighted by molar-refractivity contribution is 5.76. The third kappa shape index (κ3) is 4.22. The molecule has 0 unspecified atom stereocenters. The molecule has 1 fully saturated rings. The molecule has 0 aliphatic carbocycles. The molecule has 0 radical (unpaired) electrons. The summed E-state index contributed by atoms with van der Waals surface area (Å²) in [6.45, 7) is 4.21. The van der Waals surface area contributed by atoms with Gasteiger partial charge in [-0.05, 0) is 12.1 Å². The van der Waals surface area contributed by atoms with Crippen LogP contribution in [0, 0.1) is 6.92 Å². The summed E-state index contributed by atoms with van der Waals surface area (Å²) in [6.07, 6.45) is 4.37. The van der Waals surface area contributed by atoms with E-state index in [0.717, 1.165) is 36.9 Å². The number of para-hydroxylation sites is 1. The fourth-order valence-electron chi connectivity index (χ4n) is 3.25. The van der Waals surface area contributed by atoms with Gasteiger partial charge in [0.05, 0.1) is 18.8 Å². The zero-order valence-electron chi connectivity index (χ0n) is 15.2. The van der Waals surface area contributed by atoms with Crippen molar-refractivity contribution >= 4 is 5.91 Å². The second-order valence-electron chi connectivity index (χ2n) is 6.76. The summed E-state index contributed by atoms with van der Waals surface area (Å²) >= 11 is 0. The summed E-state index contributed by atoms with van der Waals surface area (Å²) in [4.78, 5) is 18.6. The van der Waals surface area contributed by atoms with E-state index in [0.29, 0.717) is 18.7 Å². The maximum Gasteiger partial charge on any atom is 0.220 e. The number of aryl methyl sites for hydroxylation is 2. The molecule has 4 rings (SSSR count). The van der Waals surface area contributed by atoms with E-state index in [1.54, 1.807) is 12.5 Å². The first-order chi connectivity index (χ1) is 13.2. The molecule has 27 heavy (non-hydrogen) atoms. The van der Waals surface area contributed by atoms with Crippen molar-refractivity contribution in [3.05, 3.63) is 60.3 Å². The van der Waals surface area contributed by atoms with Crippen molar-refractivity contribution < 1.29 is 9.21 Å². The molecule has 0 atom stereocenters. The summed E-state index contributed by atoms with van der Waals surface area (Å²) in [5.41, 5.74) is 0.996. The summed E-state index contributed by atoms with van der Waals surface area (Å²) < 4.78 is 7.39. The van der Waals surface area contributed by atoms with Gasteiger partial charge >= 0.3 is 0 Å². The average molecular weight is 366 g/mol. The van der Waals surface area contributed by atoms with Crippen LogP contribution in [0.3, 0.4) is 0 Å². The van der Waals surface area contributed by atoms with Crippen LogP contribution in [0.15, 0.2) is 47.3 Å². The Morgan fingerprint density at radius 2 is 2.11 bits per heavy atom. The normalized spacial score (nSPS) is 14.9. The molecular weight excluding hydrogens is 344 g/mol. The monoisotopic (exact) mass is 366 g/mol. The van der Waals surface area contributed by atoms with Crippen molar-refractivity contribution in [2.75, 3.05) is 13.1 Å². The van der Waals surface area contributed by atoms with E-state index in [9.17, 15) is 4.79 Å². The fourth-order valence-corrected chi connectivity index (χ4v) is 3.25. The molecule has 3 heterocycles. The number of nitrogens with one attached hydrogen (secondary N) is 1. The number of carbonyl (C=O) groups excluding carboxylic acids is 1. The van der Waals surface area contributed by atoms with Crippen molar-refractivity contribution in [3.8, 4) is 5.69 Å². The van der Waals surface area contributed by atoms with E-state index in [1.165, 1.54) is 0 Å². The number of carbonyl (C=O) groups is 1. The van der Waals surface area contributed by atoms with Crippen LogP contribution in [0.5, 0.6) is 0 Å².